The first-order chi connectivity index (χ1) is 14.9. The van der Waals surface area contributed by atoms with Gasteiger partial charge in [0.2, 0.25) is 0 Å². The number of carbonyl (C=O) groups is 1. The molecule has 0 unspecified atom stereocenters. The molecule has 0 bridgehead atoms. The van der Waals surface area contributed by atoms with Crippen molar-refractivity contribution in [2.75, 3.05) is 0 Å². The van der Waals surface area contributed by atoms with E-state index in [-0.39, 0.29) is 12.3 Å². The van der Waals surface area contributed by atoms with E-state index in [9.17, 15) is 15.0 Å². The topological polar surface area (TPSA) is 127 Å². The number of azide groups is 1. The second kappa shape index (κ2) is 10.6. The molecular formula is C24H31N3O4. The first-order valence-corrected chi connectivity index (χ1v) is 11.0. The maximum atomic E-state index is 10.6. The highest BCUT2D eigenvalue weighted by molar-refractivity contribution is 5.66. The fourth-order valence-corrected chi connectivity index (χ4v) is 5.05. The number of hydrogen-bond donors (Lipinski definition) is 3. The van der Waals surface area contributed by atoms with Gasteiger partial charge in [0.15, 0.2) is 0 Å². The van der Waals surface area contributed by atoms with E-state index in [2.05, 4.69) is 16.1 Å². The van der Waals surface area contributed by atoms with Gasteiger partial charge in [-0.05, 0) is 74.1 Å². The Morgan fingerprint density at radius 1 is 1.35 bits per heavy atom. The molecule has 1 fully saturated rings. The van der Waals surface area contributed by atoms with Gasteiger partial charge < -0.3 is 15.3 Å². The van der Waals surface area contributed by atoms with Crippen LogP contribution in [-0.2, 0) is 11.2 Å². The van der Waals surface area contributed by atoms with E-state index in [4.69, 9.17) is 10.6 Å². The number of aliphatic hydroxyl groups is 2. The van der Waals surface area contributed by atoms with E-state index in [0.717, 1.165) is 36.8 Å². The van der Waals surface area contributed by atoms with E-state index in [1.807, 2.05) is 19.1 Å². The molecule has 1 aromatic carbocycles. The van der Waals surface area contributed by atoms with Crippen LogP contribution in [0.4, 0.5) is 5.69 Å². The van der Waals surface area contributed by atoms with Crippen molar-refractivity contribution in [3.63, 3.8) is 0 Å². The summed E-state index contributed by atoms with van der Waals surface area (Å²) in [7, 11) is 0. The van der Waals surface area contributed by atoms with Crippen LogP contribution in [0.5, 0.6) is 0 Å². The van der Waals surface area contributed by atoms with Gasteiger partial charge in [0, 0.05) is 29.4 Å². The second-order valence-corrected chi connectivity index (χ2v) is 8.86. The summed E-state index contributed by atoms with van der Waals surface area (Å²) in [6, 6.07) is 5.54. The molecule has 5 atom stereocenters. The molecule has 0 aromatic heterocycles. The molecule has 3 N–H and O–H groups in total. The van der Waals surface area contributed by atoms with Gasteiger partial charge in [-0.3, -0.25) is 4.79 Å². The lowest BCUT2D eigenvalue weighted by Gasteiger charge is -2.19. The third kappa shape index (κ3) is 6.44. The van der Waals surface area contributed by atoms with Crippen molar-refractivity contribution in [3.05, 3.63) is 63.6 Å². The van der Waals surface area contributed by atoms with E-state index in [1.54, 1.807) is 18.2 Å². The van der Waals surface area contributed by atoms with Gasteiger partial charge in [-0.15, -0.1) is 0 Å². The highest BCUT2D eigenvalue weighted by Crippen LogP contribution is 2.48. The van der Waals surface area contributed by atoms with E-state index in [0.29, 0.717) is 30.4 Å². The number of carboxylic acid groups (broad SMARTS) is 1. The average molecular weight is 426 g/mol. The number of aryl methyl sites for hydroxylation is 1. The number of nitrogens with zero attached hydrogens (tertiary/aromatic N) is 3. The zero-order valence-electron chi connectivity index (χ0n) is 17.9. The highest BCUT2D eigenvalue weighted by atomic mass is 16.4. The number of aliphatic carboxylic acids is 1. The molecule has 1 aromatic rings. The van der Waals surface area contributed by atoms with Crippen molar-refractivity contribution in [2.45, 2.75) is 64.1 Å². The predicted octanol–water partition coefficient (Wildman–Crippen LogP) is 4.98. The molecule has 0 saturated heterocycles. The van der Waals surface area contributed by atoms with Gasteiger partial charge >= 0.3 is 5.97 Å². The molecule has 31 heavy (non-hydrogen) atoms. The molecule has 7 nitrogen and oxygen atoms in total. The minimum atomic E-state index is -0.746. The molecule has 0 aliphatic heterocycles. The monoisotopic (exact) mass is 425 g/mol. The van der Waals surface area contributed by atoms with Gasteiger partial charge in [0.1, 0.15) is 0 Å². The lowest BCUT2D eigenvalue weighted by molar-refractivity contribution is -0.137. The molecule has 0 heterocycles. The number of hydrogen-bond acceptors (Lipinski definition) is 4. The number of carboxylic acids is 1. The van der Waals surface area contributed by atoms with Crippen molar-refractivity contribution in [1.82, 2.24) is 0 Å². The van der Waals surface area contributed by atoms with Gasteiger partial charge in [0.25, 0.3) is 0 Å². The Labute approximate surface area is 182 Å². The Balaban J connectivity index is 1.55. The summed E-state index contributed by atoms with van der Waals surface area (Å²) in [5.74, 6) is -0.0181. The Morgan fingerprint density at radius 3 is 2.90 bits per heavy atom. The third-order valence-corrected chi connectivity index (χ3v) is 6.37. The molecular weight excluding hydrogens is 394 g/mol. The van der Waals surface area contributed by atoms with Crippen molar-refractivity contribution in [2.24, 2.45) is 22.9 Å². The number of fused-ring (bicyclic) bond motifs is 1. The van der Waals surface area contributed by atoms with Crippen molar-refractivity contribution in [1.29, 1.82) is 0 Å². The predicted molar refractivity (Wildman–Crippen MR) is 119 cm³/mol. The number of allylic oxidation sites excluding steroid dienone is 2. The Kier molecular flexibility index (Phi) is 7.91. The molecule has 166 valence electrons. The highest BCUT2D eigenvalue weighted by Gasteiger charge is 2.43. The number of aliphatic hydroxyl groups excluding tert-OH is 2. The van der Waals surface area contributed by atoms with Gasteiger partial charge in [0.05, 0.1) is 12.2 Å². The van der Waals surface area contributed by atoms with Crippen LogP contribution in [0.15, 0.2) is 47.1 Å². The van der Waals surface area contributed by atoms with Gasteiger partial charge in [-0.1, -0.05) is 40.5 Å². The van der Waals surface area contributed by atoms with Crippen LogP contribution in [0.2, 0.25) is 0 Å². The standard InChI is InChI=1S/C24H31N3O4/c1-15-8-17(11-19(9-15)26-27-25)12-20(28)6-7-21-22-13-16(4-2-3-5-24(30)31)10-18(22)14-23(21)29/h6-11,18,20-23,28-29H,2-5,12-14H2,1H3,(H,30,31)/t18-,20-,21+,22-,23+/m0/s1. The van der Waals surface area contributed by atoms with Crippen LogP contribution in [0.3, 0.4) is 0 Å². The summed E-state index contributed by atoms with van der Waals surface area (Å²) in [6.07, 6.45) is 9.74. The third-order valence-electron chi connectivity index (χ3n) is 6.37. The molecule has 7 heteroatoms. The maximum absolute atomic E-state index is 10.6. The van der Waals surface area contributed by atoms with Crippen LogP contribution in [0, 0.1) is 24.7 Å². The van der Waals surface area contributed by atoms with E-state index >= 15 is 0 Å². The van der Waals surface area contributed by atoms with Crippen LogP contribution in [0.1, 0.15) is 49.7 Å². The molecule has 2 aliphatic rings. The van der Waals surface area contributed by atoms with E-state index < -0.39 is 18.2 Å². The average Bonchev–Trinajstić information content (AvgIpc) is 3.19. The normalized spacial score (nSPS) is 25.8. The number of rotatable bonds is 10. The molecule has 3 rings (SSSR count). The van der Waals surface area contributed by atoms with Crippen LogP contribution in [-0.4, -0.2) is 33.5 Å². The van der Waals surface area contributed by atoms with Gasteiger partial charge in [-0.25, -0.2) is 0 Å². The summed E-state index contributed by atoms with van der Waals surface area (Å²) >= 11 is 0. The lowest BCUT2D eigenvalue weighted by Crippen LogP contribution is -2.18. The molecule has 0 spiro atoms. The smallest absolute Gasteiger partial charge is 0.303 e. The van der Waals surface area contributed by atoms with Crippen molar-refractivity contribution >= 4 is 11.7 Å². The Hall–Kier alpha value is -2.60. The molecule has 0 radical (unpaired) electrons. The fraction of sp³-hybridized carbons (Fsp3) is 0.542. The van der Waals surface area contributed by atoms with Gasteiger partial charge in [-0.2, -0.15) is 0 Å². The Morgan fingerprint density at radius 2 is 2.16 bits per heavy atom. The van der Waals surface area contributed by atoms with E-state index in [1.165, 1.54) is 5.57 Å². The summed E-state index contributed by atoms with van der Waals surface area (Å²) in [5.41, 5.74) is 12.4. The fourth-order valence-electron chi connectivity index (χ4n) is 5.05. The molecule has 2 aliphatic carbocycles. The quantitative estimate of drug-likeness (QED) is 0.160. The first kappa shape index (κ1) is 23.1. The van der Waals surface area contributed by atoms with Crippen LogP contribution >= 0.6 is 0 Å². The number of benzene rings is 1. The molecule has 0 amide bonds. The SMILES string of the molecule is Cc1cc(C[C@@H](O)C=C[C@@H]2[C@H]3CC(CCCCC(=O)O)=C[C@H]3C[C@H]2O)cc(N=[N+]=[N-])c1. The number of unbranched alkanes of at least 4 members (excludes halogenated alkanes) is 1. The van der Waals surface area contributed by atoms with Crippen LogP contribution in [0.25, 0.3) is 10.4 Å². The summed E-state index contributed by atoms with van der Waals surface area (Å²) in [4.78, 5) is 13.5. The summed E-state index contributed by atoms with van der Waals surface area (Å²) in [5, 5.41) is 33.4. The van der Waals surface area contributed by atoms with Crippen LogP contribution < -0.4 is 0 Å². The zero-order valence-corrected chi connectivity index (χ0v) is 17.9. The summed E-state index contributed by atoms with van der Waals surface area (Å²) < 4.78 is 0. The Bertz CT molecular complexity index is 904. The minimum absolute atomic E-state index is 0.0173. The molecule has 1 saturated carbocycles. The first-order valence-electron chi connectivity index (χ1n) is 11.0. The second-order valence-electron chi connectivity index (χ2n) is 8.86. The summed E-state index contributed by atoms with van der Waals surface area (Å²) in [6.45, 7) is 1.92. The van der Waals surface area contributed by atoms with Crippen molar-refractivity contribution in [3.8, 4) is 0 Å². The van der Waals surface area contributed by atoms with Crippen molar-refractivity contribution < 1.29 is 20.1 Å². The zero-order chi connectivity index (χ0) is 22.4. The largest absolute Gasteiger partial charge is 0.481 e. The minimum Gasteiger partial charge on any atom is -0.481 e. The lowest BCUT2D eigenvalue weighted by atomic mass is 9.88. The maximum Gasteiger partial charge on any atom is 0.303 e.